The van der Waals surface area contributed by atoms with Gasteiger partial charge in [0.15, 0.2) is 0 Å². The number of nitrogens with zero attached hydrogens (tertiary/aromatic N) is 1. The largest absolute Gasteiger partial charge is 0.322 e. The summed E-state index contributed by atoms with van der Waals surface area (Å²) in [6.07, 6.45) is 19.0. The highest BCUT2D eigenvalue weighted by Crippen LogP contribution is 2.34. The lowest BCUT2D eigenvalue weighted by molar-refractivity contribution is -0.908. The molecule has 0 rings (SSSR count). The Kier molecular flexibility index (Phi) is 13.9. The van der Waals surface area contributed by atoms with Crippen LogP contribution in [0.5, 0.6) is 0 Å². The van der Waals surface area contributed by atoms with Gasteiger partial charge in [-0.1, -0.05) is 97.3 Å². The molecule has 0 aromatic rings. The van der Waals surface area contributed by atoms with Crippen LogP contribution in [0.1, 0.15) is 117 Å². The highest BCUT2D eigenvalue weighted by atomic mass is 32.2. The molecular weight excluding hydrogens is 358 g/mol. The van der Waals surface area contributed by atoms with Crippen molar-refractivity contribution in [3.05, 3.63) is 0 Å². The Morgan fingerprint density at radius 1 is 0.667 bits per heavy atom. The van der Waals surface area contributed by atoms with Crippen molar-refractivity contribution in [1.29, 1.82) is 0 Å². The average molecular weight is 407 g/mol. The number of hydrogen-bond donors (Lipinski definition) is 1. The average Bonchev–Trinajstić information content (AvgIpc) is 2.56. The molecule has 4 nitrogen and oxygen atoms in total. The first-order chi connectivity index (χ1) is 12.6. The van der Waals surface area contributed by atoms with Gasteiger partial charge >= 0.3 is 10.1 Å². The van der Waals surface area contributed by atoms with Gasteiger partial charge in [-0.15, -0.1) is 0 Å². The molecule has 0 aliphatic rings. The first-order valence-corrected chi connectivity index (χ1v) is 12.8. The summed E-state index contributed by atoms with van der Waals surface area (Å²) in [5.74, 6) is 0. The second-order valence-electron chi connectivity index (χ2n) is 9.13. The molecule has 0 spiro atoms. The van der Waals surface area contributed by atoms with Gasteiger partial charge in [-0.2, -0.15) is 8.42 Å². The van der Waals surface area contributed by atoms with E-state index in [-0.39, 0.29) is 4.48 Å². The summed E-state index contributed by atoms with van der Waals surface area (Å²) < 4.78 is 34.1. The second-order valence-corrected chi connectivity index (χ2v) is 10.8. The SMILES string of the molecule is CCCCCCCCCCCCCCCCC(CC)([N+](C)(C)C)S(=O)(=O)O. The molecule has 0 saturated carbocycles. The summed E-state index contributed by atoms with van der Waals surface area (Å²) in [4.78, 5) is -1.08. The van der Waals surface area contributed by atoms with Gasteiger partial charge in [0.25, 0.3) is 0 Å². The van der Waals surface area contributed by atoms with Crippen LogP contribution in [0.3, 0.4) is 0 Å². The molecule has 0 aromatic carbocycles. The molecule has 0 saturated heterocycles. The second kappa shape index (κ2) is 13.9. The van der Waals surface area contributed by atoms with Gasteiger partial charge in [0.2, 0.25) is 4.87 Å². The van der Waals surface area contributed by atoms with Gasteiger partial charge in [-0.25, -0.2) is 0 Å². The zero-order chi connectivity index (χ0) is 20.8. The summed E-state index contributed by atoms with van der Waals surface area (Å²) in [5.41, 5.74) is 0. The van der Waals surface area contributed by atoms with Crippen molar-refractivity contribution in [2.24, 2.45) is 0 Å². The molecule has 164 valence electrons. The van der Waals surface area contributed by atoms with Crippen LogP contribution in [0.4, 0.5) is 0 Å². The van der Waals surface area contributed by atoms with Crippen molar-refractivity contribution in [2.75, 3.05) is 21.1 Å². The quantitative estimate of drug-likeness (QED) is 0.159. The topological polar surface area (TPSA) is 54.4 Å². The monoisotopic (exact) mass is 406 g/mol. The van der Waals surface area contributed by atoms with Gasteiger partial charge in [0, 0.05) is 12.8 Å². The minimum atomic E-state index is -4.08. The molecule has 0 radical (unpaired) electrons. The van der Waals surface area contributed by atoms with Crippen molar-refractivity contribution in [3.63, 3.8) is 0 Å². The van der Waals surface area contributed by atoms with Crippen molar-refractivity contribution in [1.82, 2.24) is 0 Å². The standard InChI is InChI=1S/C22H47NO3S/c1-6-8-9-10-11-12-13-14-15-16-17-18-19-20-21-22(7-2,23(3,4)5)27(24,25)26/h6-21H2,1-5H3/p+1. The van der Waals surface area contributed by atoms with Crippen molar-refractivity contribution >= 4 is 10.1 Å². The first kappa shape index (κ1) is 26.9. The Morgan fingerprint density at radius 2 is 1.00 bits per heavy atom. The van der Waals surface area contributed by atoms with Crippen LogP contribution in [0.2, 0.25) is 0 Å². The normalized spacial score (nSPS) is 15.0. The Labute approximate surface area is 170 Å². The molecule has 1 N–H and O–H groups in total. The molecule has 0 amide bonds. The molecule has 27 heavy (non-hydrogen) atoms. The fraction of sp³-hybridized carbons (Fsp3) is 1.00. The molecular formula is C22H48NO3S+. The zero-order valence-electron chi connectivity index (χ0n) is 18.9. The highest BCUT2D eigenvalue weighted by Gasteiger charge is 2.52. The van der Waals surface area contributed by atoms with E-state index in [4.69, 9.17) is 0 Å². The molecule has 0 fully saturated rings. The molecule has 0 bridgehead atoms. The van der Waals surface area contributed by atoms with Gasteiger partial charge in [-0.3, -0.25) is 4.55 Å². The van der Waals surface area contributed by atoms with Crippen molar-refractivity contribution in [2.45, 2.75) is 121 Å². The third-order valence-corrected chi connectivity index (χ3v) is 8.18. The van der Waals surface area contributed by atoms with Gasteiger partial charge < -0.3 is 4.48 Å². The summed E-state index contributed by atoms with van der Waals surface area (Å²) in [6.45, 7) is 4.12. The Bertz CT molecular complexity index is 457. The van der Waals surface area contributed by atoms with Crippen LogP contribution in [0, 0.1) is 0 Å². The Morgan fingerprint density at radius 3 is 1.26 bits per heavy atom. The molecule has 1 unspecified atom stereocenters. The molecule has 0 heterocycles. The molecule has 0 aliphatic heterocycles. The van der Waals surface area contributed by atoms with Crippen LogP contribution in [-0.2, 0) is 10.1 Å². The van der Waals surface area contributed by atoms with Crippen LogP contribution in [-0.4, -0.2) is 43.5 Å². The maximum atomic E-state index is 12.0. The third kappa shape index (κ3) is 10.3. The van der Waals surface area contributed by atoms with Gasteiger partial charge in [-0.05, 0) is 6.42 Å². The lowest BCUT2D eigenvalue weighted by Gasteiger charge is -2.43. The fourth-order valence-electron chi connectivity index (χ4n) is 4.24. The fourth-order valence-corrected chi connectivity index (χ4v) is 5.70. The van der Waals surface area contributed by atoms with E-state index in [9.17, 15) is 13.0 Å². The first-order valence-electron chi connectivity index (χ1n) is 11.4. The number of unbranched alkanes of at least 4 members (excludes halogenated alkanes) is 13. The maximum absolute atomic E-state index is 12.0. The summed E-state index contributed by atoms with van der Waals surface area (Å²) in [5, 5.41) is 0. The van der Waals surface area contributed by atoms with E-state index in [1.165, 1.54) is 77.0 Å². The van der Waals surface area contributed by atoms with Crippen LogP contribution in [0.25, 0.3) is 0 Å². The van der Waals surface area contributed by atoms with Crippen molar-refractivity contribution in [3.8, 4) is 0 Å². The minimum absolute atomic E-state index is 0.251. The molecule has 0 aliphatic carbocycles. The van der Waals surface area contributed by atoms with Crippen molar-refractivity contribution < 1.29 is 17.5 Å². The minimum Gasteiger partial charge on any atom is -0.312 e. The molecule has 0 aromatic heterocycles. The van der Waals surface area contributed by atoms with E-state index in [1.54, 1.807) is 0 Å². The van der Waals surface area contributed by atoms with E-state index in [0.717, 1.165) is 12.8 Å². The predicted octanol–water partition coefficient (Wildman–Crippen LogP) is 6.56. The number of quaternary nitrogens is 1. The third-order valence-electron chi connectivity index (χ3n) is 6.18. The molecule has 5 heteroatoms. The lowest BCUT2D eigenvalue weighted by Crippen LogP contribution is -2.61. The highest BCUT2D eigenvalue weighted by molar-refractivity contribution is 7.87. The van der Waals surface area contributed by atoms with E-state index in [1.807, 2.05) is 28.1 Å². The predicted molar refractivity (Wildman–Crippen MR) is 118 cm³/mol. The molecule has 1 atom stereocenters. The van der Waals surface area contributed by atoms with E-state index in [0.29, 0.717) is 12.8 Å². The smallest absolute Gasteiger partial charge is 0.312 e. The summed E-state index contributed by atoms with van der Waals surface area (Å²) in [6, 6.07) is 0. The van der Waals surface area contributed by atoms with E-state index < -0.39 is 15.0 Å². The zero-order valence-corrected chi connectivity index (χ0v) is 19.7. The number of rotatable bonds is 18. The lowest BCUT2D eigenvalue weighted by atomic mass is 10.0. The van der Waals surface area contributed by atoms with Crippen LogP contribution >= 0.6 is 0 Å². The Hall–Kier alpha value is -0.130. The van der Waals surface area contributed by atoms with Crippen LogP contribution in [0.15, 0.2) is 0 Å². The van der Waals surface area contributed by atoms with Gasteiger partial charge in [0.1, 0.15) is 0 Å². The Balaban J connectivity index is 3.81. The van der Waals surface area contributed by atoms with Crippen LogP contribution < -0.4 is 0 Å². The maximum Gasteiger partial charge on any atom is 0.322 e. The van der Waals surface area contributed by atoms with E-state index >= 15 is 0 Å². The summed E-state index contributed by atoms with van der Waals surface area (Å²) in [7, 11) is 1.51. The van der Waals surface area contributed by atoms with Gasteiger partial charge in [0.05, 0.1) is 21.1 Å². The number of hydrogen-bond acceptors (Lipinski definition) is 2. The van der Waals surface area contributed by atoms with E-state index in [2.05, 4.69) is 6.92 Å². The summed E-state index contributed by atoms with van der Waals surface area (Å²) >= 11 is 0.